The van der Waals surface area contributed by atoms with Crippen LogP contribution in [0, 0.1) is 5.92 Å². The van der Waals surface area contributed by atoms with Crippen LogP contribution in [0.3, 0.4) is 0 Å². The molecule has 1 atom stereocenters. The Labute approximate surface area is 172 Å². The van der Waals surface area contributed by atoms with Crippen molar-refractivity contribution in [2.24, 2.45) is 5.92 Å². The Hall–Kier alpha value is -1.34. The normalized spacial score (nSPS) is 17.7. The third kappa shape index (κ3) is 4.74. The summed E-state index contributed by atoms with van der Waals surface area (Å²) in [6.45, 7) is 7.69. The Morgan fingerprint density at radius 1 is 1.37 bits per heavy atom. The van der Waals surface area contributed by atoms with Crippen LogP contribution in [0.4, 0.5) is 0 Å². The summed E-state index contributed by atoms with van der Waals surface area (Å²) in [6, 6.07) is 5.85. The number of benzene rings is 1. The minimum atomic E-state index is -0.0451. The summed E-state index contributed by atoms with van der Waals surface area (Å²) < 4.78 is 2.58. The number of fused-ring (bicyclic) bond motifs is 1. The van der Waals surface area contributed by atoms with Gasteiger partial charge in [-0.25, -0.2) is 4.98 Å². The molecule has 0 radical (unpaired) electrons. The standard InChI is InChI=1S/C20H26BrN3O2S/c1-13(2)11-24-19(26)16-10-15(21)7-8-17(16)22-20(24)27-12-18(25)23-9-5-4-6-14(23)3/h7-8,10,13-14H,4-6,9,11-12H2,1-3H3. The molecule has 7 heteroatoms. The second-order valence-corrected chi connectivity index (χ2v) is 9.44. The first-order valence-electron chi connectivity index (χ1n) is 9.49. The molecule has 27 heavy (non-hydrogen) atoms. The molecule has 0 aliphatic carbocycles. The third-order valence-electron chi connectivity index (χ3n) is 4.88. The first kappa shape index (κ1) is 20.4. The highest BCUT2D eigenvalue weighted by molar-refractivity contribution is 9.10. The zero-order valence-electron chi connectivity index (χ0n) is 16.1. The Morgan fingerprint density at radius 2 is 2.15 bits per heavy atom. The van der Waals surface area contributed by atoms with Gasteiger partial charge in [0.1, 0.15) is 0 Å². The van der Waals surface area contributed by atoms with Crippen LogP contribution in [0.5, 0.6) is 0 Å². The quantitative estimate of drug-likeness (QED) is 0.501. The van der Waals surface area contributed by atoms with Gasteiger partial charge in [-0.05, 0) is 50.3 Å². The van der Waals surface area contributed by atoms with Crippen LogP contribution in [-0.4, -0.2) is 38.7 Å². The minimum absolute atomic E-state index is 0.0451. The van der Waals surface area contributed by atoms with E-state index in [2.05, 4.69) is 36.7 Å². The second-order valence-electron chi connectivity index (χ2n) is 7.59. The lowest BCUT2D eigenvalue weighted by Gasteiger charge is -2.33. The number of nitrogens with zero attached hydrogens (tertiary/aromatic N) is 3. The number of carbonyl (C=O) groups is 1. The van der Waals surface area contributed by atoms with Crippen molar-refractivity contribution in [1.82, 2.24) is 14.5 Å². The van der Waals surface area contributed by atoms with Crippen LogP contribution < -0.4 is 5.56 Å². The fourth-order valence-electron chi connectivity index (χ4n) is 3.49. The molecule has 0 N–H and O–H groups in total. The molecule has 0 saturated carbocycles. The van der Waals surface area contributed by atoms with E-state index in [4.69, 9.17) is 4.98 Å². The molecule has 1 aromatic heterocycles. The zero-order valence-corrected chi connectivity index (χ0v) is 18.5. The molecule has 1 amide bonds. The maximum Gasteiger partial charge on any atom is 0.262 e. The number of likely N-dealkylation sites (tertiary alicyclic amines) is 1. The summed E-state index contributed by atoms with van der Waals surface area (Å²) in [5.74, 6) is 0.761. The van der Waals surface area contributed by atoms with Crippen molar-refractivity contribution in [3.63, 3.8) is 0 Å². The molecule has 3 rings (SSSR count). The first-order valence-corrected chi connectivity index (χ1v) is 11.3. The monoisotopic (exact) mass is 451 g/mol. The van der Waals surface area contributed by atoms with Crippen molar-refractivity contribution >= 4 is 44.5 Å². The highest BCUT2D eigenvalue weighted by Gasteiger charge is 2.24. The summed E-state index contributed by atoms with van der Waals surface area (Å²) in [7, 11) is 0. The Bertz CT molecular complexity index is 897. The Kier molecular flexibility index (Phi) is 6.63. The van der Waals surface area contributed by atoms with Gasteiger partial charge in [-0.3, -0.25) is 14.2 Å². The molecule has 0 bridgehead atoms. The minimum Gasteiger partial charge on any atom is -0.339 e. The van der Waals surface area contributed by atoms with Crippen LogP contribution in [0.2, 0.25) is 0 Å². The molecule has 1 fully saturated rings. The predicted octanol–water partition coefficient (Wildman–Crippen LogP) is 4.31. The van der Waals surface area contributed by atoms with E-state index < -0.39 is 0 Å². The van der Waals surface area contributed by atoms with Gasteiger partial charge < -0.3 is 4.90 Å². The number of carbonyl (C=O) groups excluding carboxylic acids is 1. The van der Waals surface area contributed by atoms with Gasteiger partial charge in [-0.1, -0.05) is 41.5 Å². The van der Waals surface area contributed by atoms with E-state index in [-0.39, 0.29) is 11.5 Å². The van der Waals surface area contributed by atoms with Gasteiger partial charge in [-0.2, -0.15) is 0 Å². The Balaban J connectivity index is 1.89. The van der Waals surface area contributed by atoms with Crippen molar-refractivity contribution in [3.8, 4) is 0 Å². The van der Waals surface area contributed by atoms with Crippen LogP contribution in [0.1, 0.15) is 40.0 Å². The van der Waals surface area contributed by atoms with E-state index in [1.807, 2.05) is 23.1 Å². The topological polar surface area (TPSA) is 55.2 Å². The van der Waals surface area contributed by atoms with Gasteiger partial charge in [0, 0.05) is 23.6 Å². The Morgan fingerprint density at radius 3 is 2.85 bits per heavy atom. The van der Waals surface area contributed by atoms with E-state index in [0.29, 0.717) is 40.3 Å². The number of hydrogen-bond acceptors (Lipinski definition) is 4. The SMILES string of the molecule is CC(C)Cn1c(SCC(=O)N2CCCCC2C)nc2ccc(Br)cc2c1=O. The molecule has 2 aromatic rings. The van der Waals surface area contributed by atoms with Gasteiger partial charge in [0.25, 0.3) is 5.56 Å². The first-order chi connectivity index (χ1) is 12.9. The molecule has 1 unspecified atom stereocenters. The van der Waals surface area contributed by atoms with Gasteiger partial charge in [0.15, 0.2) is 5.16 Å². The molecule has 146 valence electrons. The fraction of sp³-hybridized carbons (Fsp3) is 0.550. The van der Waals surface area contributed by atoms with Crippen LogP contribution in [0.25, 0.3) is 10.9 Å². The predicted molar refractivity (Wildman–Crippen MR) is 114 cm³/mol. The molecule has 1 saturated heterocycles. The number of amides is 1. The van der Waals surface area contributed by atoms with Gasteiger partial charge in [-0.15, -0.1) is 0 Å². The molecule has 2 heterocycles. The third-order valence-corrected chi connectivity index (χ3v) is 6.33. The lowest BCUT2D eigenvalue weighted by molar-refractivity contribution is -0.131. The number of thioether (sulfide) groups is 1. The number of hydrogen-bond donors (Lipinski definition) is 0. The summed E-state index contributed by atoms with van der Waals surface area (Å²) in [5.41, 5.74) is 0.626. The summed E-state index contributed by atoms with van der Waals surface area (Å²) in [4.78, 5) is 32.4. The van der Waals surface area contributed by atoms with Crippen LogP contribution >= 0.6 is 27.7 Å². The number of halogens is 1. The lowest BCUT2D eigenvalue weighted by atomic mass is 10.0. The molecular weight excluding hydrogens is 426 g/mol. The van der Waals surface area contributed by atoms with Crippen molar-refractivity contribution < 1.29 is 4.79 Å². The van der Waals surface area contributed by atoms with E-state index >= 15 is 0 Å². The van der Waals surface area contributed by atoms with E-state index in [9.17, 15) is 9.59 Å². The maximum atomic E-state index is 13.0. The molecule has 1 aliphatic heterocycles. The van der Waals surface area contributed by atoms with E-state index in [1.165, 1.54) is 18.2 Å². The van der Waals surface area contributed by atoms with Gasteiger partial charge >= 0.3 is 0 Å². The van der Waals surface area contributed by atoms with Crippen molar-refractivity contribution in [2.75, 3.05) is 12.3 Å². The maximum absolute atomic E-state index is 13.0. The molecule has 1 aliphatic rings. The number of rotatable bonds is 5. The zero-order chi connectivity index (χ0) is 19.6. The van der Waals surface area contributed by atoms with Crippen LogP contribution in [-0.2, 0) is 11.3 Å². The van der Waals surface area contributed by atoms with Crippen molar-refractivity contribution in [3.05, 3.63) is 33.0 Å². The largest absolute Gasteiger partial charge is 0.339 e. The second kappa shape index (κ2) is 8.78. The summed E-state index contributed by atoms with van der Waals surface area (Å²) in [6.07, 6.45) is 3.33. The molecule has 0 spiro atoms. The molecular formula is C20H26BrN3O2S. The average Bonchev–Trinajstić information content (AvgIpc) is 2.63. The molecule has 1 aromatic carbocycles. The smallest absolute Gasteiger partial charge is 0.262 e. The summed E-state index contributed by atoms with van der Waals surface area (Å²) >= 11 is 4.80. The number of aromatic nitrogens is 2. The average molecular weight is 452 g/mol. The lowest BCUT2D eigenvalue weighted by Crippen LogP contribution is -2.43. The fourth-order valence-corrected chi connectivity index (χ4v) is 4.74. The van der Waals surface area contributed by atoms with Gasteiger partial charge in [0.2, 0.25) is 5.91 Å². The summed E-state index contributed by atoms with van der Waals surface area (Å²) in [5, 5.41) is 1.23. The van der Waals surface area contributed by atoms with E-state index in [1.54, 1.807) is 4.57 Å². The molecule has 5 nitrogen and oxygen atoms in total. The van der Waals surface area contributed by atoms with Crippen molar-refractivity contribution in [1.29, 1.82) is 0 Å². The number of piperidine rings is 1. The highest BCUT2D eigenvalue weighted by atomic mass is 79.9. The van der Waals surface area contributed by atoms with Crippen LogP contribution in [0.15, 0.2) is 32.6 Å². The van der Waals surface area contributed by atoms with E-state index in [0.717, 1.165) is 23.9 Å². The van der Waals surface area contributed by atoms with Gasteiger partial charge in [0.05, 0.1) is 16.7 Å². The highest BCUT2D eigenvalue weighted by Crippen LogP contribution is 2.23. The van der Waals surface area contributed by atoms with Crippen molar-refractivity contribution in [2.45, 2.75) is 57.8 Å².